The number of carbonyl (C=O) groups excluding carboxylic acids is 1. The van der Waals surface area contributed by atoms with E-state index in [1.807, 2.05) is 34.3 Å². The number of hydrogen-bond acceptors (Lipinski definition) is 5. The second-order valence-corrected chi connectivity index (χ2v) is 11.1. The zero-order valence-electron chi connectivity index (χ0n) is 22.4. The number of nitrogens with zero attached hydrogens (tertiary/aromatic N) is 3. The van der Waals surface area contributed by atoms with Gasteiger partial charge in [0.1, 0.15) is 4.75 Å². The summed E-state index contributed by atoms with van der Waals surface area (Å²) in [5, 5.41) is 3.57. The van der Waals surface area contributed by atoms with E-state index in [9.17, 15) is 4.79 Å². The Morgan fingerprint density at radius 3 is 1.79 bits per heavy atom. The van der Waals surface area contributed by atoms with Crippen LogP contribution in [0.2, 0.25) is 0 Å². The molecule has 4 aromatic rings. The van der Waals surface area contributed by atoms with Crippen LogP contribution in [0.15, 0.2) is 102 Å². The van der Waals surface area contributed by atoms with E-state index >= 15 is 0 Å². The van der Waals surface area contributed by atoms with Crippen LogP contribution in [0.3, 0.4) is 0 Å². The first-order valence-corrected chi connectivity index (χ1v) is 13.4. The van der Waals surface area contributed by atoms with Crippen molar-refractivity contribution in [1.29, 1.82) is 0 Å². The molecule has 0 aliphatic carbocycles. The van der Waals surface area contributed by atoms with E-state index in [4.69, 9.17) is 4.99 Å². The smallest absolute Gasteiger partial charge is 0.222 e. The van der Waals surface area contributed by atoms with Crippen LogP contribution in [0, 0.1) is 0 Å². The van der Waals surface area contributed by atoms with Gasteiger partial charge < -0.3 is 15.1 Å². The zero-order chi connectivity index (χ0) is 26.9. The standard InChI is InChI=1S/C32H32N4OS/c1-22(37)33-31-34-30-20-11-24(23-9-7-6-8-10-23)21-29(30)32(38-31,25-12-16-27(17-13-25)35(2)3)26-14-18-28(19-15-26)36(4)5/h6-21H,1-5H3,(H,33,34,37). The van der Waals surface area contributed by atoms with Crippen molar-refractivity contribution in [2.45, 2.75) is 11.7 Å². The van der Waals surface area contributed by atoms with Gasteiger partial charge in [0.25, 0.3) is 0 Å². The lowest BCUT2D eigenvalue weighted by Crippen LogP contribution is -2.36. The molecule has 0 saturated carbocycles. The summed E-state index contributed by atoms with van der Waals surface area (Å²) in [5.74, 6) is -0.139. The molecule has 0 bridgehead atoms. The molecule has 0 atom stereocenters. The van der Waals surface area contributed by atoms with E-state index in [0.29, 0.717) is 5.17 Å². The molecule has 1 heterocycles. The third-order valence-corrected chi connectivity index (χ3v) is 8.20. The molecule has 0 saturated heterocycles. The lowest BCUT2D eigenvalue weighted by atomic mass is 9.81. The van der Waals surface area contributed by atoms with Gasteiger partial charge in [-0.2, -0.15) is 0 Å². The molecule has 0 fully saturated rings. The van der Waals surface area contributed by atoms with Crippen molar-refractivity contribution in [2.24, 2.45) is 4.99 Å². The molecule has 1 N–H and O–H groups in total. The van der Waals surface area contributed by atoms with Gasteiger partial charge in [-0.25, -0.2) is 4.99 Å². The van der Waals surface area contributed by atoms with Crippen molar-refractivity contribution in [3.63, 3.8) is 0 Å². The molecule has 4 aromatic carbocycles. The average Bonchev–Trinajstić information content (AvgIpc) is 2.92. The Bertz CT molecular complexity index is 1430. The number of anilines is 2. The second-order valence-electron chi connectivity index (χ2n) is 9.86. The zero-order valence-corrected chi connectivity index (χ0v) is 23.2. The number of benzene rings is 4. The van der Waals surface area contributed by atoms with Crippen molar-refractivity contribution in [1.82, 2.24) is 5.32 Å². The van der Waals surface area contributed by atoms with Crippen LogP contribution in [0.4, 0.5) is 17.1 Å². The van der Waals surface area contributed by atoms with Crippen LogP contribution < -0.4 is 15.1 Å². The highest BCUT2D eigenvalue weighted by atomic mass is 32.2. The molecule has 6 heteroatoms. The van der Waals surface area contributed by atoms with Gasteiger partial charge in [-0.1, -0.05) is 72.4 Å². The summed E-state index contributed by atoms with van der Waals surface area (Å²) < 4.78 is -0.630. The number of amidine groups is 1. The van der Waals surface area contributed by atoms with E-state index in [1.165, 1.54) is 6.92 Å². The molecule has 1 amide bonds. The van der Waals surface area contributed by atoms with Crippen molar-refractivity contribution in [3.8, 4) is 11.1 Å². The SMILES string of the molecule is CC(=O)NC1=Nc2ccc(-c3ccccc3)cc2C(c2ccc(N(C)C)cc2)(c2ccc(N(C)C)cc2)S1. The summed E-state index contributed by atoms with van der Waals surface area (Å²) in [5.41, 5.74) is 8.71. The van der Waals surface area contributed by atoms with Crippen LogP contribution in [-0.4, -0.2) is 39.3 Å². The Balaban J connectivity index is 1.80. The number of amides is 1. The van der Waals surface area contributed by atoms with Crippen molar-refractivity contribution >= 4 is 39.9 Å². The van der Waals surface area contributed by atoms with E-state index < -0.39 is 4.75 Å². The Hall–Kier alpha value is -4.03. The van der Waals surface area contributed by atoms with Crippen LogP contribution >= 0.6 is 11.8 Å². The van der Waals surface area contributed by atoms with E-state index in [0.717, 1.165) is 44.9 Å². The molecular formula is C32H32N4OS. The maximum absolute atomic E-state index is 12.2. The van der Waals surface area contributed by atoms with E-state index in [2.05, 4.69) is 106 Å². The van der Waals surface area contributed by atoms with Gasteiger partial charge in [0.2, 0.25) is 5.91 Å². The summed E-state index contributed by atoms with van der Waals surface area (Å²) in [6.07, 6.45) is 0. The minimum absolute atomic E-state index is 0.139. The molecule has 1 aliphatic rings. The highest BCUT2D eigenvalue weighted by molar-refractivity contribution is 8.15. The summed E-state index contributed by atoms with van der Waals surface area (Å²) in [4.78, 5) is 21.3. The number of thioether (sulfide) groups is 1. The number of rotatable bonds is 5. The van der Waals surface area contributed by atoms with Gasteiger partial charge in [0.15, 0.2) is 5.17 Å². The molecule has 0 radical (unpaired) electrons. The monoisotopic (exact) mass is 520 g/mol. The first-order valence-electron chi connectivity index (χ1n) is 12.6. The molecule has 5 rings (SSSR count). The summed E-state index contributed by atoms with van der Waals surface area (Å²) in [6.45, 7) is 1.52. The Morgan fingerprint density at radius 1 is 0.737 bits per heavy atom. The number of nitrogens with one attached hydrogen (secondary N) is 1. The molecule has 38 heavy (non-hydrogen) atoms. The molecule has 0 aromatic heterocycles. The van der Waals surface area contributed by atoms with Gasteiger partial charge in [-0.3, -0.25) is 4.79 Å². The first kappa shape index (κ1) is 25.6. The molecule has 0 unspecified atom stereocenters. The third kappa shape index (κ3) is 4.79. The lowest BCUT2D eigenvalue weighted by Gasteiger charge is -2.39. The summed E-state index contributed by atoms with van der Waals surface area (Å²) in [6, 6.07) is 34.2. The van der Waals surface area contributed by atoms with Crippen molar-refractivity contribution < 1.29 is 4.79 Å². The maximum Gasteiger partial charge on any atom is 0.222 e. The molecule has 5 nitrogen and oxygen atoms in total. The van der Waals surface area contributed by atoms with Gasteiger partial charge >= 0.3 is 0 Å². The first-order chi connectivity index (χ1) is 18.3. The summed E-state index contributed by atoms with van der Waals surface area (Å²) in [7, 11) is 8.18. The van der Waals surface area contributed by atoms with E-state index in [1.54, 1.807) is 11.8 Å². The number of carbonyl (C=O) groups is 1. The lowest BCUT2D eigenvalue weighted by molar-refractivity contribution is -0.117. The molecule has 1 aliphatic heterocycles. The average molecular weight is 521 g/mol. The second kappa shape index (κ2) is 10.4. The molecule has 0 spiro atoms. The van der Waals surface area contributed by atoms with Crippen molar-refractivity contribution in [3.05, 3.63) is 114 Å². The van der Waals surface area contributed by atoms with Gasteiger partial charge in [-0.05, 0) is 58.7 Å². The third-order valence-electron chi connectivity index (χ3n) is 6.82. The van der Waals surface area contributed by atoms with Crippen LogP contribution in [-0.2, 0) is 9.54 Å². The number of aliphatic imine (C=N–C) groups is 1. The fourth-order valence-electron chi connectivity index (χ4n) is 4.85. The van der Waals surface area contributed by atoms with Crippen LogP contribution in [0.1, 0.15) is 23.6 Å². The Labute approximate surface area is 229 Å². The van der Waals surface area contributed by atoms with Gasteiger partial charge in [0, 0.05) is 52.1 Å². The minimum atomic E-state index is -0.630. The maximum atomic E-state index is 12.2. The number of hydrogen-bond donors (Lipinski definition) is 1. The molecular weight excluding hydrogens is 488 g/mol. The normalized spacial score (nSPS) is 13.8. The van der Waals surface area contributed by atoms with E-state index in [-0.39, 0.29) is 5.91 Å². The highest BCUT2D eigenvalue weighted by Crippen LogP contribution is 2.55. The Kier molecular flexibility index (Phi) is 7.00. The van der Waals surface area contributed by atoms with Crippen LogP contribution in [0.5, 0.6) is 0 Å². The van der Waals surface area contributed by atoms with Crippen molar-refractivity contribution in [2.75, 3.05) is 38.0 Å². The van der Waals surface area contributed by atoms with Gasteiger partial charge in [-0.15, -0.1) is 0 Å². The topological polar surface area (TPSA) is 47.9 Å². The fraction of sp³-hybridized carbons (Fsp3) is 0.188. The summed E-state index contributed by atoms with van der Waals surface area (Å²) >= 11 is 1.58. The predicted octanol–water partition coefficient (Wildman–Crippen LogP) is 6.65. The Morgan fingerprint density at radius 2 is 1.29 bits per heavy atom. The molecule has 192 valence electrons. The largest absolute Gasteiger partial charge is 0.378 e. The number of fused-ring (bicyclic) bond motifs is 1. The fourth-order valence-corrected chi connectivity index (χ4v) is 6.26. The minimum Gasteiger partial charge on any atom is -0.378 e. The van der Waals surface area contributed by atoms with Gasteiger partial charge in [0.05, 0.1) is 5.69 Å². The quantitative estimate of drug-likeness (QED) is 0.320. The predicted molar refractivity (Wildman–Crippen MR) is 162 cm³/mol. The highest BCUT2D eigenvalue weighted by Gasteiger charge is 2.43. The van der Waals surface area contributed by atoms with Crippen LogP contribution in [0.25, 0.3) is 11.1 Å².